The minimum absolute atomic E-state index is 0.0631. The van der Waals surface area contributed by atoms with Gasteiger partial charge in [0.25, 0.3) is 11.7 Å². The van der Waals surface area contributed by atoms with Crippen LogP contribution in [-0.4, -0.2) is 49.6 Å². The zero-order valence-electron chi connectivity index (χ0n) is 21.2. The van der Waals surface area contributed by atoms with Crippen LogP contribution in [-0.2, 0) is 16.1 Å². The molecule has 0 bridgehead atoms. The van der Waals surface area contributed by atoms with E-state index in [-0.39, 0.29) is 23.4 Å². The molecule has 0 aliphatic carbocycles. The van der Waals surface area contributed by atoms with Gasteiger partial charge in [0, 0.05) is 5.56 Å². The van der Waals surface area contributed by atoms with Crippen LogP contribution < -0.4 is 18.9 Å². The molecule has 8 nitrogen and oxygen atoms in total. The SMILES string of the molecule is CCOc1ccc(C2/C(=C(\O)c3c(OC)cccc3OC)C(=O)C(=O)N2Cc2ccccc2OC)cc1. The molecule has 37 heavy (non-hydrogen) atoms. The molecule has 1 unspecified atom stereocenters. The number of carbonyl (C=O) groups is 2. The fourth-order valence-corrected chi connectivity index (χ4v) is 4.54. The van der Waals surface area contributed by atoms with Gasteiger partial charge in [-0.1, -0.05) is 36.4 Å². The monoisotopic (exact) mass is 503 g/mol. The number of ether oxygens (including phenoxy) is 4. The summed E-state index contributed by atoms with van der Waals surface area (Å²) in [5.41, 5.74) is 1.48. The van der Waals surface area contributed by atoms with Crippen LogP contribution in [0.2, 0.25) is 0 Å². The summed E-state index contributed by atoms with van der Waals surface area (Å²) < 4.78 is 21.9. The molecule has 1 amide bonds. The second-order valence-electron chi connectivity index (χ2n) is 8.28. The second-order valence-corrected chi connectivity index (χ2v) is 8.28. The van der Waals surface area contributed by atoms with Crippen LogP contribution in [0.4, 0.5) is 0 Å². The Bertz CT molecular complexity index is 1310. The molecule has 1 aliphatic heterocycles. The van der Waals surface area contributed by atoms with Crippen molar-refractivity contribution in [2.45, 2.75) is 19.5 Å². The maximum absolute atomic E-state index is 13.5. The van der Waals surface area contributed by atoms with Gasteiger partial charge in [-0.05, 0) is 42.8 Å². The molecule has 192 valence electrons. The molecule has 1 aliphatic rings. The van der Waals surface area contributed by atoms with Gasteiger partial charge >= 0.3 is 0 Å². The summed E-state index contributed by atoms with van der Waals surface area (Å²) in [7, 11) is 4.45. The first-order chi connectivity index (χ1) is 17.9. The number of aliphatic hydroxyl groups is 1. The van der Waals surface area contributed by atoms with Crippen molar-refractivity contribution < 1.29 is 33.6 Å². The lowest BCUT2D eigenvalue weighted by molar-refractivity contribution is -0.140. The highest BCUT2D eigenvalue weighted by molar-refractivity contribution is 6.46. The van der Waals surface area contributed by atoms with Gasteiger partial charge in [0.1, 0.15) is 34.3 Å². The molecular formula is C29H29NO7. The summed E-state index contributed by atoms with van der Waals surface area (Å²) in [5.74, 6) is -0.0782. The molecule has 1 atom stereocenters. The van der Waals surface area contributed by atoms with Crippen molar-refractivity contribution in [3.8, 4) is 23.0 Å². The highest BCUT2D eigenvalue weighted by atomic mass is 16.5. The Morgan fingerprint density at radius 3 is 2.03 bits per heavy atom. The molecule has 3 aromatic carbocycles. The highest BCUT2D eigenvalue weighted by Gasteiger charge is 2.47. The number of methoxy groups -OCH3 is 3. The van der Waals surface area contributed by atoms with E-state index in [1.54, 1.807) is 55.6 Å². The zero-order valence-corrected chi connectivity index (χ0v) is 21.2. The molecule has 0 radical (unpaired) electrons. The molecule has 0 saturated carbocycles. The van der Waals surface area contributed by atoms with E-state index in [1.807, 2.05) is 25.1 Å². The van der Waals surface area contributed by atoms with Crippen molar-refractivity contribution in [1.82, 2.24) is 4.90 Å². The first-order valence-electron chi connectivity index (χ1n) is 11.8. The summed E-state index contributed by atoms with van der Waals surface area (Å²) >= 11 is 0. The van der Waals surface area contributed by atoms with E-state index >= 15 is 0 Å². The standard InChI is InChI=1S/C29H29NO7/c1-5-37-20-15-13-18(14-16-20)26-25(27(31)24-22(35-3)11-8-12-23(24)36-4)28(32)29(33)30(26)17-19-9-6-7-10-21(19)34-2/h6-16,26,31H,5,17H2,1-4H3/b27-25+. The number of carbonyl (C=O) groups excluding carboxylic acids is 2. The molecule has 0 aromatic heterocycles. The smallest absolute Gasteiger partial charge is 0.295 e. The van der Waals surface area contributed by atoms with Gasteiger partial charge in [0.15, 0.2) is 0 Å². The van der Waals surface area contributed by atoms with Crippen molar-refractivity contribution >= 4 is 17.4 Å². The predicted octanol–water partition coefficient (Wildman–Crippen LogP) is 4.73. The molecule has 0 spiro atoms. The Hall–Kier alpha value is -4.46. The first-order valence-corrected chi connectivity index (χ1v) is 11.8. The molecular weight excluding hydrogens is 474 g/mol. The van der Waals surface area contributed by atoms with Crippen molar-refractivity contribution in [2.24, 2.45) is 0 Å². The Morgan fingerprint density at radius 1 is 0.838 bits per heavy atom. The quantitative estimate of drug-likeness (QED) is 0.256. The number of benzene rings is 3. The number of aliphatic hydroxyl groups excluding tert-OH is 1. The Morgan fingerprint density at radius 2 is 1.43 bits per heavy atom. The summed E-state index contributed by atoms with van der Waals surface area (Å²) in [5, 5.41) is 11.6. The second kappa shape index (κ2) is 11.1. The zero-order chi connectivity index (χ0) is 26.5. The maximum atomic E-state index is 13.5. The molecule has 8 heteroatoms. The molecule has 1 N–H and O–H groups in total. The Balaban J connectivity index is 1.92. The van der Waals surface area contributed by atoms with E-state index in [9.17, 15) is 14.7 Å². The summed E-state index contributed by atoms with van der Waals surface area (Å²) in [6.45, 7) is 2.47. The normalized spacial score (nSPS) is 16.5. The summed E-state index contributed by atoms with van der Waals surface area (Å²) in [6.07, 6.45) is 0. The van der Waals surface area contributed by atoms with E-state index in [2.05, 4.69) is 0 Å². The number of para-hydroxylation sites is 1. The van der Waals surface area contributed by atoms with Crippen molar-refractivity contribution in [3.63, 3.8) is 0 Å². The fraction of sp³-hybridized carbons (Fsp3) is 0.241. The van der Waals surface area contributed by atoms with Crippen molar-refractivity contribution in [3.05, 3.63) is 89.0 Å². The van der Waals surface area contributed by atoms with Crippen LogP contribution in [0.3, 0.4) is 0 Å². The van der Waals surface area contributed by atoms with Gasteiger partial charge in [-0.25, -0.2) is 0 Å². The summed E-state index contributed by atoms with van der Waals surface area (Å²) in [6, 6.07) is 18.5. The highest BCUT2D eigenvalue weighted by Crippen LogP contribution is 2.44. The fourth-order valence-electron chi connectivity index (χ4n) is 4.54. The van der Waals surface area contributed by atoms with Gasteiger partial charge in [-0.2, -0.15) is 0 Å². The van der Waals surface area contributed by atoms with Gasteiger partial charge in [-0.15, -0.1) is 0 Å². The number of likely N-dealkylation sites (tertiary alicyclic amines) is 1. The number of ketones is 1. The van der Waals surface area contributed by atoms with E-state index in [0.29, 0.717) is 35.2 Å². The maximum Gasteiger partial charge on any atom is 0.295 e. The van der Waals surface area contributed by atoms with Crippen LogP contribution in [0.25, 0.3) is 5.76 Å². The van der Waals surface area contributed by atoms with Gasteiger partial charge in [0.05, 0.1) is 46.1 Å². The third-order valence-electron chi connectivity index (χ3n) is 6.24. The average Bonchev–Trinajstić information content (AvgIpc) is 3.18. The van der Waals surface area contributed by atoms with Crippen LogP contribution >= 0.6 is 0 Å². The van der Waals surface area contributed by atoms with Crippen LogP contribution in [0.15, 0.2) is 72.3 Å². The van der Waals surface area contributed by atoms with Crippen molar-refractivity contribution in [2.75, 3.05) is 27.9 Å². The lowest BCUT2D eigenvalue weighted by Gasteiger charge is -2.26. The predicted molar refractivity (Wildman–Crippen MR) is 138 cm³/mol. The van der Waals surface area contributed by atoms with Gasteiger partial charge in [0.2, 0.25) is 0 Å². The van der Waals surface area contributed by atoms with Gasteiger partial charge in [-0.3, -0.25) is 9.59 Å². The van der Waals surface area contributed by atoms with E-state index in [4.69, 9.17) is 18.9 Å². The minimum atomic E-state index is -0.879. The lowest BCUT2D eigenvalue weighted by atomic mass is 9.94. The molecule has 1 saturated heterocycles. The molecule has 4 rings (SSSR count). The topological polar surface area (TPSA) is 94.5 Å². The Kier molecular flexibility index (Phi) is 7.67. The lowest BCUT2D eigenvalue weighted by Crippen LogP contribution is -2.29. The summed E-state index contributed by atoms with van der Waals surface area (Å²) in [4.78, 5) is 28.3. The van der Waals surface area contributed by atoms with E-state index in [1.165, 1.54) is 19.1 Å². The minimum Gasteiger partial charge on any atom is -0.506 e. The van der Waals surface area contributed by atoms with E-state index < -0.39 is 17.7 Å². The number of hydrogen-bond donors (Lipinski definition) is 1. The van der Waals surface area contributed by atoms with Crippen molar-refractivity contribution in [1.29, 1.82) is 0 Å². The number of hydrogen-bond acceptors (Lipinski definition) is 7. The van der Waals surface area contributed by atoms with Gasteiger partial charge < -0.3 is 29.0 Å². The van der Waals surface area contributed by atoms with E-state index in [0.717, 1.165) is 5.56 Å². The first kappa shape index (κ1) is 25.6. The third-order valence-corrected chi connectivity index (χ3v) is 6.24. The number of amides is 1. The average molecular weight is 504 g/mol. The molecule has 1 heterocycles. The molecule has 3 aromatic rings. The third kappa shape index (κ3) is 4.82. The largest absolute Gasteiger partial charge is 0.506 e. The number of rotatable bonds is 9. The number of nitrogens with zero attached hydrogens (tertiary/aromatic N) is 1. The number of Topliss-reactive ketones (excluding diaryl/α,β-unsaturated/α-hetero) is 1. The van der Waals surface area contributed by atoms with Crippen LogP contribution in [0.1, 0.15) is 29.7 Å². The van der Waals surface area contributed by atoms with Crippen LogP contribution in [0.5, 0.6) is 23.0 Å². The molecule has 1 fully saturated rings. The Labute approximate surface area is 215 Å². The van der Waals surface area contributed by atoms with Crippen LogP contribution in [0, 0.1) is 0 Å².